The van der Waals surface area contributed by atoms with Crippen molar-refractivity contribution in [2.45, 2.75) is 60.5 Å². The Kier molecular flexibility index (Phi) is 35.3. The fourth-order valence-corrected chi connectivity index (χ4v) is 0.122. The van der Waals surface area contributed by atoms with Gasteiger partial charge in [-0.2, -0.15) is 14.7 Å². The lowest BCUT2D eigenvalue weighted by Crippen LogP contribution is -2.05. The molecule has 0 heterocycles. The van der Waals surface area contributed by atoms with Gasteiger partial charge < -0.3 is 0 Å². The van der Waals surface area contributed by atoms with Crippen molar-refractivity contribution in [3.63, 3.8) is 0 Å². The quantitative estimate of drug-likeness (QED) is 0.695. The van der Waals surface area contributed by atoms with Crippen LogP contribution in [-0.4, -0.2) is 19.1 Å². The lowest BCUT2D eigenvalue weighted by atomic mass is 10.1. The zero-order valence-corrected chi connectivity index (χ0v) is 12.3. The van der Waals surface area contributed by atoms with Crippen molar-refractivity contribution in [1.82, 2.24) is 0 Å². The minimum atomic E-state index is -0.0463. The molecule has 0 aliphatic rings. The first kappa shape index (κ1) is 24.9. The van der Waals surface area contributed by atoms with Gasteiger partial charge in [0.25, 0.3) is 0 Å². The third kappa shape index (κ3) is 52.4. The molecule has 0 aromatic rings. The van der Waals surface area contributed by atoms with E-state index in [1.165, 1.54) is 7.05 Å². The van der Waals surface area contributed by atoms with Crippen molar-refractivity contribution >= 4 is 0 Å². The van der Waals surface area contributed by atoms with Crippen molar-refractivity contribution in [3.05, 3.63) is 14.7 Å². The van der Waals surface area contributed by atoms with Gasteiger partial charge in [-0.3, -0.25) is 0 Å². The van der Waals surface area contributed by atoms with Crippen molar-refractivity contribution < 1.29 is 0 Å². The Bertz CT molecular complexity index is 162. The first-order chi connectivity index (χ1) is 7.87. The summed E-state index contributed by atoms with van der Waals surface area (Å²) in [5, 5.41) is 7.73. The van der Waals surface area contributed by atoms with Crippen LogP contribution in [0.5, 0.6) is 0 Å². The van der Waals surface area contributed by atoms with Crippen LogP contribution in [0.2, 0.25) is 0 Å². The highest BCUT2D eigenvalue weighted by Crippen LogP contribution is 2.02. The predicted molar refractivity (Wildman–Crippen MR) is 74.1 cm³/mol. The Morgan fingerprint density at radius 2 is 1.00 bits per heavy atom. The highest BCUT2D eigenvalue weighted by atomic mass is 16.3. The van der Waals surface area contributed by atoms with Crippen LogP contribution in [0, 0.1) is 20.6 Å². The maximum absolute atomic E-state index is 9.70. The van der Waals surface area contributed by atoms with Gasteiger partial charge in [0.1, 0.15) is 0 Å². The Labute approximate surface area is 104 Å². The average molecular weight is 249 g/mol. The zero-order chi connectivity index (χ0) is 14.9. The third-order valence-electron chi connectivity index (χ3n) is 1.34. The van der Waals surface area contributed by atoms with E-state index in [0.29, 0.717) is 5.92 Å². The van der Waals surface area contributed by atoms with Crippen LogP contribution in [0.3, 0.4) is 0 Å². The highest BCUT2D eigenvalue weighted by molar-refractivity contribution is 4.60. The van der Waals surface area contributed by atoms with Gasteiger partial charge in [0.2, 0.25) is 0 Å². The molecule has 6 heteroatoms. The molecule has 0 aliphatic carbocycles. The Morgan fingerprint density at radius 3 is 1.00 bits per heavy atom. The van der Waals surface area contributed by atoms with Gasteiger partial charge in [0.05, 0.1) is 19.1 Å². The summed E-state index contributed by atoms with van der Waals surface area (Å²) in [6, 6.07) is -0.0741. The van der Waals surface area contributed by atoms with E-state index in [1.807, 2.05) is 34.6 Å². The first-order valence-electron chi connectivity index (χ1n) is 5.73. The van der Waals surface area contributed by atoms with E-state index in [2.05, 4.69) is 15.5 Å². The lowest BCUT2D eigenvalue weighted by molar-refractivity contribution is 0.528. The number of rotatable bonds is 3. The molecule has 0 aliphatic heterocycles. The topological polar surface area (TPSA) is 88.3 Å². The van der Waals surface area contributed by atoms with Gasteiger partial charge >= 0.3 is 0 Å². The molecule has 0 aromatic carbocycles. The van der Waals surface area contributed by atoms with E-state index in [9.17, 15) is 9.81 Å². The van der Waals surface area contributed by atoms with E-state index in [-0.39, 0.29) is 12.1 Å². The molecule has 0 N–H and O–H groups in total. The Balaban J connectivity index is -0.0000000743. The number of nitrogens with zero attached hydrogens (tertiary/aromatic N) is 3. The minimum absolute atomic E-state index is 0.0278. The molecule has 0 saturated carbocycles. The predicted octanol–water partition coefficient (Wildman–Crippen LogP) is 4.37. The van der Waals surface area contributed by atoms with Crippen molar-refractivity contribution in [1.29, 1.82) is 0 Å². The standard InChI is InChI=1S/C5H11NO.C3H7NO.C2H6.CH3NO/c1-4(2)5(3)6-7;1-3(2)4-5;1-2;1-2-3/h4-5H,1-3H3;3H,1-2H3;1-2H3;1H3. The maximum atomic E-state index is 9.70. The molecule has 104 valence electrons. The van der Waals surface area contributed by atoms with Gasteiger partial charge in [-0.1, -0.05) is 43.2 Å². The molecule has 1 unspecified atom stereocenters. The molecular formula is C11H27N3O3. The molecular weight excluding hydrogens is 222 g/mol. The molecule has 0 rings (SSSR count). The van der Waals surface area contributed by atoms with Crippen molar-refractivity contribution in [2.75, 3.05) is 7.05 Å². The SMILES string of the molecule is CC.CC(C)C(C)N=O.CC(C)N=O.CN=O. The zero-order valence-electron chi connectivity index (χ0n) is 12.3. The second-order valence-electron chi connectivity index (χ2n) is 3.47. The van der Waals surface area contributed by atoms with E-state index < -0.39 is 0 Å². The van der Waals surface area contributed by atoms with Crippen LogP contribution in [-0.2, 0) is 0 Å². The van der Waals surface area contributed by atoms with Crippen LogP contribution in [0.25, 0.3) is 0 Å². The molecule has 0 amide bonds. The van der Waals surface area contributed by atoms with Crippen molar-refractivity contribution in [3.8, 4) is 0 Å². The van der Waals surface area contributed by atoms with Gasteiger partial charge in [-0.25, -0.2) is 0 Å². The van der Waals surface area contributed by atoms with Crippen LogP contribution in [0.4, 0.5) is 0 Å². The molecule has 0 aromatic heterocycles. The summed E-state index contributed by atoms with van der Waals surface area (Å²) in [7, 11) is 1.19. The van der Waals surface area contributed by atoms with Crippen LogP contribution < -0.4 is 0 Å². The Morgan fingerprint density at radius 1 is 0.765 bits per heavy atom. The minimum Gasteiger partial charge on any atom is -0.151 e. The number of hydrogen-bond donors (Lipinski definition) is 0. The fraction of sp³-hybridized carbons (Fsp3) is 1.00. The van der Waals surface area contributed by atoms with Crippen LogP contribution in [0.15, 0.2) is 15.5 Å². The summed E-state index contributed by atoms with van der Waals surface area (Å²) in [6.07, 6.45) is 0. The van der Waals surface area contributed by atoms with Gasteiger partial charge in [-0.15, -0.1) is 0 Å². The van der Waals surface area contributed by atoms with E-state index in [0.717, 1.165) is 0 Å². The Hall–Kier alpha value is -1.20. The van der Waals surface area contributed by atoms with Crippen LogP contribution >= 0.6 is 0 Å². The highest BCUT2D eigenvalue weighted by Gasteiger charge is 2.03. The smallest absolute Gasteiger partial charge is 0.0914 e. The second kappa shape index (κ2) is 24.2. The van der Waals surface area contributed by atoms with Gasteiger partial charge in [0, 0.05) is 0 Å². The lowest BCUT2D eigenvalue weighted by Gasteiger charge is -2.02. The summed E-state index contributed by atoms with van der Waals surface area (Å²) in [4.78, 5) is 27.5. The molecule has 1 atom stereocenters. The van der Waals surface area contributed by atoms with Gasteiger partial charge in [0.15, 0.2) is 0 Å². The summed E-state index contributed by atoms with van der Waals surface area (Å²) in [5.74, 6) is 0.387. The molecule has 6 nitrogen and oxygen atoms in total. The molecule has 0 spiro atoms. The summed E-state index contributed by atoms with van der Waals surface area (Å²) < 4.78 is 0. The molecule has 17 heavy (non-hydrogen) atoms. The van der Waals surface area contributed by atoms with Crippen molar-refractivity contribution in [2.24, 2.45) is 21.4 Å². The summed E-state index contributed by atoms with van der Waals surface area (Å²) in [6.45, 7) is 13.3. The number of hydrogen-bond acceptors (Lipinski definition) is 6. The molecule has 0 fully saturated rings. The number of nitroso groups, excluding NO2 is 3. The van der Waals surface area contributed by atoms with Gasteiger partial charge in [-0.05, 0) is 26.7 Å². The fourth-order valence-electron chi connectivity index (χ4n) is 0.122. The largest absolute Gasteiger partial charge is 0.151 e. The molecule has 0 saturated heterocycles. The average Bonchev–Trinajstić information content (AvgIpc) is 2.32. The maximum Gasteiger partial charge on any atom is 0.0914 e. The van der Waals surface area contributed by atoms with Crippen LogP contribution in [0.1, 0.15) is 48.5 Å². The van der Waals surface area contributed by atoms with E-state index in [4.69, 9.17) is 4.91 Å². The first-order valence-corrected chi connectivity index (χ1v) is 5.73. The third-order valence-corrected chi connectivity index (χ3v) is 1.34. The summed E-state index contributed by atoms with van der Waals surface area (Å²) >= 11 is 0. The monoisotopic (exact) mass is 249 g/mol. The summed E-state index contributed by atoms with van der Waals surface area (Å²) in [5.41, 5.74) is 0. The molecule has 0 bridgehead atoms. The van der Waals surface area contributed by atoms with E-state index >= 15 is 0 Å². The second-order valence-corrected chi connectivity index (χ2v) is 3.47. The van der Waals surface area contributed by atoms with E-state index in [1.54, 1.807) is 13.8 Å². The molecule has 0 radical (unpaired) electrons. The normalized spacial score (nSPS) is 9.53.